The molecule has 0 atom stereocenters. The van der Waals surface area contributed by atoms with Crippen LogP contribution in [-0.2, 0) is 24.4 Å². The van der Waals surface area contributed by atoms with Gasteiger partial charge in [0.2, 0.25) is 5.91 Å². The van der Waals surface area contributed by atoms with Crippen LogP contribution in [0.4, 0.5) is 0 Å². The number of methoxy groups -OCH3 is 1. The first-order chi connectivity index (χ1) is 15.1. The molecule has 5 heteroatoms. The van der Waals surface area contributed by atoms with Crippen molar-refractivity contribution in [3.63, 3.8) is 0 Å². The van der Waals surface area contributed by atoms with Gasteiger partial charge < -0.3 is 14.6 Å². The van der Waals surface area contributed by atoms with Crippen LogP contribution in [-0.4, -0.2) is 35.6 Å². The predicted octanol–water partition coefficient (Wildman–Crippen LogP) is 4.51. The second-order valence-corrected chi connectivity index (χ2v) is 8.45. The van der Waals surface area contributed by atoms with Gasteiger partial charge in [-0.1, -0.05) is 30.3 Å². The molecule has 3 aromatic rings. The molecule has 0 bridgehead atoms. The Labute approximate surface area is 185 Å². The summed E-state index contributed by atoms with van der Waals surface area (Å²) in [4.78, 5) is 15.2. The van der Waals surface area contributed by atoms with Crippen LogP contribution in [0.3, 0.4) is 0 Å². The second kappa shape index (κ2) is 9.56. The summed E-state index contributed by atoms with van der Waals surface area (Å²) in [5, 5.41) is 4.47. The number of hydrogen-bond donors (Lipinski definition) is 1. The van der Waals surface area contributed by atoms with E-state index < -0.39 is 0 Å². The van der Waals surface area contributed by atoms with Gasteiger partial charge in [0.1, 0.15) is 5.75 Å². The number of ether oxygens (including phenoxy) is 1. The molecule has 1 fully saturated rings. The third-order valence-electron chi connectivity index (χ3n) is 6.62. The number of aromatic nitrogens is 1. The fourth-order valence-corrected chi connectivity index (χ4v) is 4.80. The van der Waals surface area contributed by atoms with Crippen LogP contribution in [0.5, 0.6) is 5.75 Å². The van der Waals surface area contributed by atoms with Crippen LogP contribution >= 0.6 is 0 Å². The molecule has 0 spiro atoms. The van der Waals surface area contributed by atoms with Crippen molar-refractivity contribution >= 4 is 16.8 Å². The number of rotatable bonds is 7. The molecule has 1 aromatic heterocycles. The number of benzene rings is 2. The zero-order valence-corrected chi connectivity index (χ0v) is 18.9. The normalized spacial score (nSPS) is 15.3. The highest BCUT2D eigenvalue weighted by Gasteiger charge is 2.26. The summed E-state index contributed by atoms with van der Waals surface area (Å²) >= 11 is 0. The number of piperidine rings is 1. The first kappa shape index (κ1) is 21.4. The number of nitrogens with one attached hydrogen (secondary N) is 1. The van der Waals surface area contributed by atoms with Crippen LogP contribution in [0.15, 0.2) is 48.5 Å². The summed E-state index contributed by atoms with van der Waals surface area (Å²) in [6, 6.07) is 16.6. The number of likely N-dealkylation sites (tertiary alicyclic amines) is 1. The number of carbonyl (C=O) groups is 1. The van der Waals surface area contributed by atoms with Crippen LogP contribution in [0.25, 0.3) is 10.9 Å². The molecule has 1 aliphatic rings. The lowest BCUT2D eigenvalue weighted by Gasteiger charge is -2.31. The maximum Gasteiger partial charge on any atom is 0.223 e. The average Bonchev–Trinajstić information content (AvgIpc) is 3.08. The highest BCUT2D eigenvalue weighted by atomic mass is 16.5. The molecular weight excluding hydrogens is 386 g/mol. The molecule has 4 rings (SSSR count). The molecule has 5 nitrogen and oxygen atoms in total. The maximum atomic E-state index is 12.7. The first-order valence-corrected chi connectivity index (χ1v) is 11.3. The predicted molar refractivity (Wildman–Crippen MR) is 125 cm³/mol. The van der Waals surface area contributed by atoms with Crippen molar-refractivity contribution < 1.29 is 9.53 Å². The van der Waals surface area contributed by atoms with Crippen molar-refractivity contribution in [2.24, 2.45) is 5.92 Å². The van der Waals surface area contributed by atoms with Crippen LogP contribution in [0.2, 0.25) is 0 Å². The molecule has 2 aromatic carbocycles. The Morgan fingerprint density at radius 2 is 1.90 bits per heavy atom. The van der Waals surface area contributed by atoms with E-state index >= 15 is 0 Å². The van der Waals surface area contributed by atoms with Crippen molar-refractivity contribution in [2.75, 3.05) is 20.2 Å². The molecule has 0 saturated carbocycles. The summed E-state index contributed by atoms with van der Waals surface area (Å²) in [7, 11) is 1.66. The Bertz CT molecular complexity index is 1050. The summed E-state index contributed by atoms with van der Waals surface area (Å²) in [5.41, 5.74) is 5.18. The van der Waals surface area contributed by atoms with Crippen molar-refractivity contribution in [1.82, 2.24) is 14.8 Å². The molecule has 1 N–H and O–H groups in total. The highest BCUT2D eigenvalue weighted by Crippen LogP contribution is 2.28. The van der Waals surface area contributed by atoms with Crippen molar-refractivity contribution in [3.8, 4) is 5.75 Å². The van der Waals surface area contributed by atoms with Gasteiger partial charge in [0.25, 0.3) is 0 Å². The van der Waals surface area contributed by atoms with Gasteiger partial charge in [-0.25, -0.2) is 0 Å². The van der Waals surface area contributed by atoms with E-state index in [1.54, 1.807) is 7.11 Å². The van der Waals surface area contributed by atoms with Gasteiger partial charge in [-0.15, -0.1) is 0 Å². The average molecular weight is 420 g/mol. The zero-order valence-electron chi connectivity index (χ0n) is 18.9. The van der Waals surface area contributed by atoms with E-state index in [4.69, 9.17) is 4.74 Å². The van der Waals surface area contributed by atoms with Gasteiger partial charge in [0.05, 0.1) is 7.11 Å². The van der Waals surface area contributed by atoms with Crippen LogP contribution in [0.1, 0.15) is 36.6 Å². The Balaban J connectivity index is 1.33. The van der Waals surface area contributed by atoms with Crippen LogP contribution < -0.4 is 10.1 Å². The number of nitrogens with zero attached hydrogens (tertiary/aromatic N) is 2. The highest BCUT2D eigenvalue weighted by molar-refractivity contribution is 5.85. The Kier molecular flexibility index (Phi) is 6.62. The smallest absolute Gasteiger partial charge is 0.223 e. The molecule has 1 amide bonds. The van der Waals surface area contributed by atoms with Crippen molar-refractivity contribution in [1.29, 1.82) is 0 Å². The van der Waals surface area contributed by atoms with E-state index in [0.29, 0.717) is 6.54 Å². The standard InChI is InChI=1S/C26H33N3O2/c1-4-29-19(2)24(23-10-5-6-11-25(23)29)18-28-14-12-21(13-15-28)26(30)27-17-20-8-7-9-22(16-20)31-3/h5-11,16,21H,4,12-15,17-18H2,1-3H3,(H,27,30). The Hall–Kier alpha value is -2.79. The number of fused-ring (bicyclic) bond motifs is 1. The van der Waals surface area contributed by atoms with E-state index in [-0.39, 0.29) is 11.8 Å². The van der Waals surface area contributed by atoms with Crippen molar-refractivity contribution in [2.45, 2.75) is 46.3 Å². The lowest BCUT2D eigenvalue weighted by Crippen LogP contribution is -2.40. The first-order valence-electron chi connectivity index (χ1n) is 11.3. The minimum absolute atomic E-state index is 0.0972. The van der Waals surface area contributed by atoms with E-state index in [0.717, 1.165) is 50.3 Å². The van der Waals surface area contributed by atoms with Gasteiger partial charge in [-0.05, 0) is 69.1 Å². The minimum Gasteiger partial charge on any atom is -0.497 e. The third-order valence-corrected chi connectivity index (χ3v) is 6.62. The molecule has 1 aliphatic heterocycles. The molecule has 1 saturated heterocycles. The monoisotopic (exact) mass is 419 g/mol. The van der Waals surface area contributed by atoms with E-state index in [1.807, 2.05) is 24.3 Å². The number of amides is 1. The number of carbonyl (C=O) groups excluding carboxylic acids is 1. The summed E-state index contributed by atoms with van der Waals surface area (Å²) < 4.78 is 7.67. The number of para-hydroxylation sites is 1. The Morgan fingerprint density at radius 3 is 2.65 bits per heavy atom. The molecule has 0 aliphatic carbocycles. The lowest BCUT2D eigenvalue weighted by molar-refractivity contribution is -0.126. The van der Waals surface area contributed by atoms with Crippen molar-refractivity contribution in [3.05, 3.63) is 65.4 Å². The molecule has 164 valence electrons. The topological polar surface area (TPSA) is 46.5 Å². The number of aryl methyl sites for hydroxylation is 1. The van der Waals surface area contributed by atoms with E-state index in [2.05, 4.69) is 52.9 Å². The summed E-state index contributed by atoms with van der Waals surface area (Å²) in [6.07, 6.45) is 1.82. The largest absolute Gasteiger partial charge is 0.497 e. The zero-order chi connectivity index (χ0) is 21.8. The molecule has 0 radical (unpaired) electrons. The SMILES string of the molecule is CCn1c(C)c(CN2CCC(C(=O)NCc3cccc(OC)c3)CC2)c2ccccc21. The molecule has 2 heterocycles. The second-order valence-electron chi connectivity index (χ2n) is 8.45. The lowest BCUT2D eigenvalue weighted by atomic mass is 9.95. The van der Waals surface area contributed by atoms with Crippen LogP contribution in [0, 0.1) is 12.8 Å². The van der Waals surface area contributed by atoms with Gasteiger partial charge >= 0.3 is 0 Å². The quantitative estimate of drug-likeness (QED) is 0.613. The summed E-state index contributed by atoms with van der Waals surface area (Å²) in [6.45, 7) is 8.85. The van der Waals surface area contributed by atoms with E-state index in [9.17, 15) is 4.79 Å². The van der Waals surface area contributed by atoms with Gasteiger partial charge in [-0.2, -0.15) is 0 Å². The molecule has 31 heavy (non-hydrogen) atoms. The molecule has 0 unspecified atom stereocenters. The minimum atomic E-state index is 0.0972. The van der Waals surface area contributed by atoms with E-state index in [1.165, 1.54) is 22.2 Å². The maximum absolute atomic E-state index is 12.7. The van der Waals surface area contributed by atoms with Gasteiger partial charge in [-0.3, -0.25) is 9.69 Å². The Morgan fingerprint density at radius 1 is 1.13 bits per heavy atom. The third kappa shape index (κ3) is 4.62. The van der Waals surface area contributed by atoms with Gasteiger partial charge in [0, 0.05) is 42.1 Å². The van der Waals surface area contributed by atoms with Gasteiger partial charge in [0.15, 0.2) is 0 Å². The summed E-state index contributed by atoms with van der Waals surface area (Å²) in [5.74, 6) is 1.08. The fraction of sp³-hybridized carbons (Fsp3) is 0.423. The molecular formula is C26H33N3O2. The fourth-order valence-electron chi connectivity index (χ4n) is 4.80. The number of hydrogen-bond acceptors (Lipinski definition) is 3.